The van der Waals surface area contributed by atoms with Crippen molar-refractivity contribution in [2.24, 2.45) is 0 Å². The maximum absolute atomic E-state index is 12.9. The number of benzene rings is 2. The summed E-state index contributed by atoms with van der Waals surface area (Å²) in [7, 11) is 0. The van der Waals surface area contributed by atoms with Crippen molar-refractivity contribution in [3.63, 3.8) is 0 Å². The minimum atomic E-state index is -0.506. The molecule has 0 spiro atoms. The second-order valence-corrected chi connectivity index (χ2v) is 6.91. The molecule has 1 aliphatic heterocycles. The van der Waals surface area contributed by atoms with E-state index in [-0.39, 0.29) is 11.6 Å². The van der Waals surface area contributed by atoms with E-state index in [0.29, 0.717) is 43.6 Å². The second-order valence-electron chi connectivity index (χ2n) is 6.50. The summed E-state index contributed by atoms with van der Waals surface area (Å²) >= 11 is 6.06. The van der Waals surface area contributed by atoms with Crippen LogP contribution in [-0.2, 0) is 0 Å². The number of carbonyl (C=O) groups is 2. The third-order valence-electron chi connectivity index (χ3n) is 4.55. The van der Waals surface area contributed by atoms with Crippen LogP contribution in [0.25, 0.3) is 0 Å². The van der Waals surface area contributed by atoms with Crippen LogP contribution in [0, 0.1) is 5.82 Å². The predicted molar refractivity (Wildman–Crippen MR) is 107 cm³/mol. The monoisotopic (exact) mass is 420 g/mol. The molecule has 9 heteroatoms. The fraction of sp³-hybridized carbons (Fsp3) is 0.300. The Morgan fingerprint density at radius 1 is 1.00 bits per heavy atom. The van der Waals surface area contributed by atoms with E-state index in [1.807, 2.05) is 18.2 Å². The molecule has 3 amide bonds. The lowest BCUT2D eigenvalue weighted by molar-refractivity contribution is 0.0916. The number of hydrazine groups is 1. The van der Waals surface area contributed by atoms with Crippen LogP contribution in [0.15, 0.2) is 48.5 Å². The normalized spacial score (nSPS) is 14.3. The van der Waals surface area contributed by atoms with Crippen molar-refractivity contribution >= 4 is 23.5 Å². The van der Waals surface area contributed by atoms with Crippen molar-refractivity contribution in [3.8, 4) is 5.75 Å². The number of halogens is 2. The molecule has 7 nitrogen and oxygen atoms in total. The Hall–Kier alpha value is -2.84. The van der Waals surface area contributed by atoms with E-state index in [1.54, 1.807) is 11.0 Å². The third-order valence-corrected chi connectivity index (χ3v) is 4.86. The average molecular weight is 421 g/mol. The Morgan fingerprint density at radius 3 is 2.38 bits per heavy atom. The van der Waals surface area contributed by atoms with Gasteiger partial charge in [-0.2, -0.15) is 0 Å². The largest absolute Gasteiger partial charge is 0.491 e. The fourth-order valence-corrected chi connectivity index (χ4v) is 3.07. The van der Waals surface area contributed by atoms with Gasteiger partial charge in [0.2, 0.25) is 0 Å². The van der Waals surface area contributed by atoms with Gasteiger partial charge in [0.25, 0.3) is 5.91 Å². The summed E-state index contributed by atoms with van der Waals surface area (Å²) in [5.74, 6) is -0.279. The molecule has 0 bridgehead atoms. The van der Waals surface area contributed by atoms with Gasteiger partial charge < -0.3 is 9.64 Å². The van der Waals surface area contributed by atoms with E-state index in [9.17, 15) is 14.0 Å². The number of ether oxygens (including phenoxy) is 1. The zero-order chi connectivity index (χ0) is 20.6. The van der Waals surface area contributed by atoms with Gasteiger partial charge in [0.05, 0.1) is 5.02 Å². The topological polar surface area (TPSA) is 73.9 Å². The molecule has 3 rings (SSSR count). The summed E-state index contributed by atoms with van der Waals surface area (Å²) in [6.45, 7) is 3.69. The van der Waals surface area contributed by atoms with Crippen LogP contribution in [0.1, 0.15) is 10.4 Å². The van der Waals surface area contributed by atoms with Gasteiger partial charge in [-0.05, 0) is 36.4 Å². The van der Waals surface area contributed by atoms with Gasteiger partial charge >= 0.3 is 6.03 Å². The van der Waals surface area contributed by atoms with Gasteiger partial charge in [-0.15, -0.1) is 0 Å². The molecule has 1 saturated heterocycles. The molecule has 0 unspecified atom stereocenters. The van der Waals surface area contributed by atoms with Crippen molar-refractivity contribution in [1.29, 1.82) is 0 Å². The number of urea groups is 1. The van der Waals surface area contributed by atoms with E-state index < -0.39 is 11.7 Å². The molecule has 0 saturated carbocycles. The molecule has 1 aliphatic rings. The third kappa shape index (κ3) is 6.07. The first-order valence-electron chi connectivity index (χ1n) is 9.23. The smallest absolute Gasteiger partial charge is 0.336 e. The maximum atomic E-state index is 12.9. The fourth-order valence-electron chi connectivity index (χ4n) is 2.88. The Morgan fingerprint density at radius 2 is 1.69 bits per heavy atom. The lowest BCUT2D eigenvalue weighted by atomic mass is 10.2. The number of nitrogens with one attached hydrogen (secondary N) is 2. The zero-order valence-corrected chi connectivity index (χ0v) is 16.5. The van der Waals surface area contributed by atoms with Crippen molar-refractivity contribution in [2.45, 2.75) is 0 Å². The number of rotatable bonds is 5. The number of hydrogen-bond donors (Lipinski definition) is 2. The minimum Gasteiger partial charge on any atom is -0.491 e. The van der Waals surface area contributed by atoms with Crippen LogP contribution in [0.5, 0.6) is 5.75 Å². The van der Waals surface area contributed by atoms with Gasteiger partial charge in [0.1, 0.15) is 18.2 Å². The van der Waals surface area contributed by atoms with Crippen LogP contribution in [-0.4, -0.2) is 61.1 Å². The molecule has 0 atom stereocenters. The lowest BCUT2D eigenvalue weighted by Gasteiger charge is -2.34. The van der Waals surface area contributed by atoms with Crippen molar-refractivity contribution in [3.05, 3.63) is 64.9 Å². The van der Waals surface area contributed by atoms with Gasteiger partial charge in [-0.25, -0.2) is 14.6 Å². The van der Waals surface area contributed by atoms with Gasteiger partial charge in [0, 0.05) is 38.3 Å². The molecular weight excluding hydrogens is 399 g/mol. The molecule has 2 aromatic carbocycles. The summed E-state index contributed by atoms with van der Waals surface area (Å²) in [5.41, 5.74) is 4.98. The highest BCUT2D eigenvalue weighted by Gasteiger charge is 2.21. The van der Waals surface area contributed by atoms with E-state index in [4.69, 9.17) is 16.3 Å². The zero-order valence-electron chi connectivity index (χ0n) is 15.7. The second kappa shape index (κ2) is 10.1. The first kappa shape index (κ1) is 20.9. The van der Waals surface area contributed by atoms with Crippen LogP contribution in [0.4, 0.5) is 9.18 Å². The Balaban J connectivity index is 1.35. The first-order chi connectivity index (χ1) is 14.0. The molecule has 154 valence electrons. The van der Waals surface area contributed by atoms with Crippen LogP contribution < -0.4 is 15.6 Å². The van der Waals surface area contributed by atoms with Crippen molar-refractivity contribution in [1.82, 2.24) is 20.7 Å². The number of hydrogen-bond acceptors (Lipinski definition) is 4. The molecule has 29 heavy (non-hydrogen) atoms. The standard InChI is InChI=1S/C20H22ClFN4O3/c21-17-3-1-2-4-18(17)29-14-13-25-9-11-26(12-10-25)20(28)24-23-19(27)15-5-7-16(22)8-6-15/h1-8H,9-14H2,(H,23,27)(H,24,28). The Labute approximate surface area is 173 Å². The summed E-state index contributed by atoms with van der Waals surface area (Å²) in [4.78, 5) is 28.0. The van der Waals surface area contributed by atoms with E-state index in [0.717, 1.165) is 6.54 Å². The number of nitrogens with zero attached hydrogens (tertiary/aromatic N) is 2. The molecule has 0 aliphatic carbocycles. The number of amides is 3. The highest BCUT2D eigenvalue weighted by atomic mass is 35.5. The van der Waals surface area contributed by atoms with E-state index in [1.165, 1.54) is 24.3 Å². The molecular formula is C20H22ClFN4O3. The SMILES string of the molecule is O=C(NNC(=O)N1CCN(CCOc2ccccc2Cl)CC1)c1ccc(F)cc1. The minimum absolute atomic E-state index is 0.259. The van der Waals surface area contributed by atoms with E-state index in [2.05, 4.69) is 15.8 Å². The van der Waals surface area contributed by atoms with Crippen LogP contribution in [0.2, 0.25) is 5.02 Å². The summed E-state index contributed by atoms with van der Waals surface area (Å²) in [5, 5.41) is 0.580. The van der Waals surface area contributed by atoms with Gasteiger partial charge in [0.15, 0.2) is 0 Å². The Kier molecular flexibility index (Phi) is 7.26. The summed E-state index contributed by atoms with van der Waals surface area (Å²) < 4.78 is 18.6. The molecule has 0 radical (unpaired) electrons. The first-order valence-corrected chi connectivity index (χ1v) is 9.61. The maximum Gasteiger partial charge on any atom is 0.336 e. The molecule has 1 fully saturated rings. The van der Waals surface area contributed by atoms with Crippen molar-refractivity contribution < 1.29 is 18.7 Å². The molecule has 1 heterocycles. The molecule has 2 N–H and O–H groups in total. The molecule has 2 aromatic rings. The Bertz CT molecular complexity index is 842. The van der Waals surface area contributed by atoms with Crippen molar-refractivity contribution in [2.75, 3.05) is 39.3 Å². The van der Waals surface area contributed by atoms with Crippen LogP contribution >= 0.6 is 11.6 Å². The van der Waals surface area contributed by atoms with E-state index >= 15 is 0 Å². The number of carbonyl (C=O) groups excluding carboxylic acids is 2. The number of para-hydroxylation sites is 1. The predicted octanol–water partition coefficient (Wildman–Crippen LogP) is 2.53. The van der Waals surface area contributed by atoms with Crippen LogP contribution in [0.3, 0.4) is 0 Å². The van der Waals surface area contributed by atoms with Gasteiger partial charge in [-0.3, -0.25) is 15.1 Å². The highest BCUT2D eigenvalue weighted by molar-refractivity contribution is 6.32. The highest BCUT2D eigenvalue weighted by Crippen LogP contribution is 2.22. The lowest BCUT2D eigenvalue weighted by Crippen LogP contribution is -2.55. The number of piperazine rings is 1. The quantitative estimate of drug-likeness (QED) is 0.729. The summed E-state index contributed by atoms with van der Waals surface area (Å²) in [6, 6.07) is 12.0. The van der Waals surface area contributed by atoms with Gasteiger partial charge in [-0.1, -0.05) is 23.7 Å². The summed E-state index contributed by atoms with van der Waals surface area (Å²) in [6.07, 6.45) is 0. The average Bonchev–Trinajstić information content (AvgIpc) is 2.74. The molecule has 0 aromatic heterocycles.